The molecule has 0 saturated carbocycles. The number of carbonyl (C=O) groups excluding carboxylic acids is 4. The first-order chi connectivity index (χ1) is 20.0. The maximum absolute atomic E-state index is 12.7. The fourth-order valence-corrected chi connectivity index (χ4v) is 5.00. The number of hydrogen-bond donors (Lipinski definition) is 2. The second kappa shape index (κ2) is 13.4. The van der Waals surface area contributed by atoms with Crippen molar-refractivity contribution in [2.45, 2.75) is 57.3 Å². The van der Waals surface area contributed by atoms with Crippen LogP contribution in [0.1, 0.15) is 37.8 Å². The van der Waals surface area contributed by atoms with E-state index in [0.717, 1.165) is 43.0 Å². The van der Waals surface area contributed by atoms with Gasteiger partial charge >= 0.3 is 30.0 Å². The van der Waals surface area contributed by atoms with E-state index in [-0.39, 0.29) is 19.1 Å². The minimum atomic E-state index is -1.58. The first kappa shape index (κ1) is 30.5. The Morgan fingerprint density at radius 2 is 1.40 bits per heavy atom. The molecule has 1 aliphatic heterocycles. The molecule has 1 saturated heterocycles. The number of carbonyl (C=O) groups is 5. The van der Waals surface area contributed by atoms with E-state index in [0.29, 0.717) is 0 Å². The highest BCUT2D eigenvalue weighted by atomic mass is 16.7. The summed E-state index contributed by atoms with van der Waals surface area (Å²) in [6, 6.07) is 13.9. The Morgan fingerprint density at radius 1 is 0.857 bits per heavy atom. The first-order valence-corrected chi connectivity index (χ1v) is 13.1. The van der Waals surface area contributed by atoms with Crippen LogP contribution in [0, 0.1) is 0 Å². The Hall–Kier alpha value is -4.49. The molecule has 0 bridgehead atoms. The number of benzene rings is 2. The Labute approximate surface area is 241 Å². The first-order valence-electron chi connectivity index (χ1n) is 13.1. The molecule has 1 unspecified atom stereocenters. The number of carboxylic acids is 1. The molecule has 2 aliphatic rings. The van der Waals surface area contributed by atoms with E-state index in [2.05, 4.69) is 5.32 Å². The summed E-state index contributed by atoms with van der Waals surface area (Å²) in [6.45, 7) is 2.37. The topological polar surface area (TPSA) is 173 Å². The van der Waals surface area contributed by atoms with Crippen molar-refractivity contribution in [3.63, 3.8) is 0 Å². The van der Waals surface area contributed by atoms with E-state index >= 15 is 0 Å². The standard InChI is InChI=1S/C29H31NO12/c1-15(31)40-24-14-38-28(26(42-17(3)33)25(24)41-16(2)32)37-13-23(27(34)35)30-29(36)39-12-22-20-10-6-4-8-18(20)19-9-5-7-11-21(19)22/h4-11,22-26,28H,12-14H2,1-3H3,(H,30,36)(H,34,35)/t23-,24+,25+,26?,28+/m0/s1. The molecule has 2 aromatic rings. The highest BCUT2D eigenvalue weighted by molar-refractivity contribution is 5.81. The highest BCUT2D eigenvalue weighted by Crippen LogP contribution is 2.44. The van der Waals surface area contributed by atoms with E-state index in [1.165, 1.54) is 0 Å². The van der Waals surface area contributed by atoms with Gasteiger partial charge in [0.15, 0.2) is 30.6 Å². The molecule has 1 aliphatic carbocycles. The van der Waals surface area contributed by atoms with Crippen molar-refractivity contribution in [2.75, 3.05) is 19.8 Å². The molecule has 42 heavy (non-hydrogen) atoms. The van der Waals surface area contributed by atoms with Crippen LogP contribution in [0.4, 0.5) is 4.79 Å². The van der Waals surface area contributed by atoms with Gasteiger partial charge in [0.2, 0.25) is 0 Å². The van der Waals surface area contributed by atoms with Gasteiger partial charge in [-0.15, -0.1) is 0 Å². The number of rotatable bonds is 10. The van der Waals surface area contributed by atoms with Gasteiger partial charge in [-0.05, 0) is 22.3 Å². The predicted octanol–water partition coefficient (Wildman–Crippen LogP) is 2.15. The molecular formula is C29H31NO12. The van der Waals surface area contributed by atoms with Crippen LogP contribution in [0.3, 0.4) is 0 Å². The highest BCUT2D eigenvalue weighted by Gasteiger charge is 2.48. The van der Waals surface area contributed by atoms with Crippen molar-refractivity contribution in [3.8, 4) is 11.1 Å². The van der Waals surface area contributed by atoms with E-state index in [1.807, 2.05) is 48.5 Å². The summed E-state index contributed by atoms with van der Waals surface area (Å²) in [4.78, 5) is 59.6. The van der Waals surface area contributed by atoms with Crippen LogP contribution in [0.5, 0.6) is 0 Å². The smallest absolute Gasteiger partial charge is 0.407 e. The van der Waals surface area contributed by atoms with Crippen molar-refractivity contribution in [1.29, 1.82) is 0 Å². The molecule has 13 nitrogen and oxygen atoms in total. The normalized spacial score (nSPS) is 21.7. The number of nitrogens with one attached hydrogen (secondary N) is 1. The van der Waals surface area contributed by atoms with Crippen LogP contribution in [-0.4, -0.2) is 85.5 Å². The van der Waals surface area contributed by atoms with Crippen LogP contribution >= 0.6 is 0 Å². The van der Waals surface area contributed by atoms with Gasteiger partial charge in [-0.2, -0.15) is 0 Å². The molecule has 2 N–H and O–H groups in total. The summed E-state index contributed by atoms with van der Waals surface area (Å²) in [5, 5.41) is 12.0. The number of ether oxygens (including phenoxy) is 6. The zero-order valence-corrected chi connectivity index (χ0v) is 23.1. The van der Waals surface area contributed by atoms with E-state index in [4.69, 9.17) is 28.4 Å². The van der Waals surface area contributed by atoms with Crippen LogP contribution in [0.25, 0.3) is 11.1 Å². The Morgan fingerprint density at radius 3 is 1.95 bits per heavy atom. The van der Waals surface area contributed by atoms with Gasteiger partial charge in [-0.25, -0.2) is 9.59 Å². The summed E-state index contributed by atoms with van der Waals surface area (Å²) in [5.41, 5.74) is 4.06. The SMILES string of the molecule is CC(=O)OC1[C@H](OC[C@H](NC(=O)OCC2c3ccccc3-c3ccccc32)C(=O)O)OC[C@@H](OC(C)=O)[C@H]1OC(C)=O. The molecule has 5 atom stereocenters. The summed E-state index contributed by atoms with van der Waals surface area (Å²) < 4.78 is 32.1. The predicted molar refractivity (Wildman–Crippen MR) is 142 cm³/mol. The molecule has 224 valence electrons. The Kier molecular flexibility index (Phi) is 9.76. The second-order valence-corrected chi connectivity index (χ2v) is 9.69. The fraction of sp³-hybridized carbons (Fsp3) is 0.414. The number of carboxylic acid groups (broad SMARTS) is 1. The van der Waals surface area contributed by atoms with E-state index < -0.39 is 67.2 Å². The quantitative estimate of drug-likeness (QED) is 0.308. The van der Waals surface area contributed by atoms with Crippen LogP contribution in [-0.2, 0) is 47.6 Å². The second-order valence-electron chi connectivity index (χ2n) is 9.69. The fourth-order valence-electron chi connectivity index (χ4n) is 5.00. The lowest BCUT2D eigenvalue weighted by atomic mass is 9.98. The minimum absolute atomic E-state index is 0.0328. The summed E-state index contributed by atoms with van der Waals surface area (Å²) >= 11 is 0. The molecular weight excluding hydrogens is 554 g/mol. The summed E-state index contributed by atoms with van der Waals surface area (Å²) in [5.74, 6) is -3.90. The number of fused-ring (bicyclic) bond motifs is 3. The zero-order valence-electron chi connectivity index (χ0n) is 23.1. The number of hydrogen-bond acceptors (Lipinski definition) is 11. The lowest BCUT2D eigenvalue weighted by Crippen LogP contribution is -2.58. The molecule has 0 spiro atoms. The average molecular weight is 586 g/mol. The van der Waals surface area contributed by atoms with Crippen LogP contribution in [0.2, 0.25) is 0 Å². The van der Waals surface area contributed by atoms with Gasteiger partial charge in [-0.1, -0.05) is 48.5 Å². The molecule has 0 radical (unpaired) electrons. The number of esters is 3. The largest absolute Gasteiger partial charge is 0.480 e. The molecule has 13 heteroatoms. The lowest BCUT2D eigenvalue weighted by molar-refractivity contribution is -0.281. The molecule has 1 fully saturated rings. The van der Waals surface area contributed by atoms with Crippen molar-refractivity contribution in [2.24, 2.45) is 0 Å². The van der Waals surface area contributed by atoms with Crippen molar-refractivity contribution >= 4 is 30.0 Å². The maximum atomic E-state index is 12.7. The third kappa shape index (κ3) is 7.22. The van der Waals surface area contributed by atoms with Crippen LogP contribution < -0.4 is 5.32 Å². The van der Waals surface area contributed by atoms with E-state index in [9.17, 15) is 29.1 Å². The Balaban J connectivity index is 1.40. The molecule has 0 aromatic heterocycles. The molecule has 1 heterocycles. The monoisotopic (exact) mass is 585 g/mol. The number of aliphatic carboxylic acids is 1. The Bertz CT molecular complexity index is 1300. The zero-order chi connectivity index (χ0) is 30.4. The van der Waals surface area contributed by atoms with Crippen molar-refractivity contribution in [1.82, 2.24) is 5.32 Å². The van der Waals surface area contributed by atoms with Gasteiger partial charge in [0.1, 0.15) is 6.61 Å². The molecule has 4 rings (SSSR count). The number of alkyl carbamates (subject to hydrolysis) is 1. The maximum Gasteiger partial charge on any atom is 0.407 e. The lowest BCUT2D eigenvalue weighted by Gasteiger charge is -2.40. The van der Waals surface area contributed by atoms with Gasteiger partial charge in [-0.3, -0.25) is 14.4 Å². The number of amides is 1. The van der Waals surface area contributed by atoms with Gasteiger partial charge in [0.25, 0.3) is 0 Å². The minimum Gasteiger partial charge on any atom is -0.480 e. The summed E-state index contributed by atoms with van der Waals surface area (Å²) in [6.07, 6.45) is -6.23. The van der Waals surface area contributed by atoms with Crippen LogP contribution in [0.15, 0.2) is 48.5 Å². The van der Waals surface area contributed by atoms with Gasteiger partial charge < -0.3 is 38.8 Å². The van der Waals surface area contributed by atoms with Gasteiger partial charge in [0, 0.05) is 26.7 Å². The third-order valence-electron chi connectivity index (χ3n) is 6.67. The molecule has 2 aromatic carbocycles. The van der Waals surface area contributed by atoms with Crippen molar-refractivity contribution < 1.29 is 57.5 Å². The summed E-state index contributed by atoms with van der Waals surface area (Å²) in [7, 11) is 0. The molecule has 1 amide bonds. The third-order valence-corrected chi connectivity index (χ3v) is 6.67. The van der Waals surface area contributed by atoms with Gasteiger partial charge in [0.05, 0.1) is 13.2 Å². The average Bonchev–Trinajstić information content (AvgIpc) is 3.25. The van der Waals surface area contributed by atoms with E-state index in [1.54, 1.807) is 0 Å². The van der Waals surface area contributed by atoms with Crippen molar-refractivity contribution in [3.05, 3.63) is 59.7 Å².